The molecule has 3 nitrogen and oxygen atoms in total. The van der Waals surface area contributed by atoms with Gasteiger partial charge in [-0.2, -0.15) is 8.42 Å². The number of rotatable bonds is 3. The van der Waals surface area contributed by atoms with Crippen molar-refractivity contribution in [3.8, 4) is 0 Å². The van der Waals surface area contributed by atoms with Crippen LogP contribution in [0.3, 0.4) is 0 Å². The van der Waals surface area contributed by atoms with Crippen molar-refractivity contribution < 1.29 is 17.0 Å². The van der Waals surface area contributed by atoms with Gasteiger partial charge in [-0.25, -0.2) is 4.39 Å². The summed E-state index contributed by atoms with van der Waals surface area (Å²) in [4.78, 5) is 0. The molecule has 0 saturated carbocycles. The topological polar surface area (TPSA) is 43.4 Å². The van der Waals surface area contributed by atoms with Crippen LogP contribution in [0.25, 0.3) is 0 Å². The monoisotopic (exact) mass is 296 g/mol. The average Bonchev–Trinajstić information content (AvgIpc) is 2.07. The SMILES string of the molecule is Cc1cc(COS(C)(=O)=O)c(F)cc1Br. The van der Waals surface area contributed by atoms with Crippen molar-refractivity contribution in [2.75, 3.05) is 6.26 Å². The summed E-state index contributed by atoms with van der Waals surface area (Å²) in [6.07, 6.45) is 0.927. The third-order valence-corrected chi connectivity index (χ3v) is 3.16. The van der Waals surface area contributed by atoms with Gasteiger partial charge in [0.1, 0.15) is 5.82 Å². The molecule has 0 heterocycles. The Labute approximate surface area is 96.5 Å². The van der Waals surface area contributed by atoms with E-state index in [0.29, 0.717) is 4.47 Å². The molecule has 0 aliphatic rings. The Bertz CT molecular complexity index is 470. The van der Waals surface area contributed by atoms with Crippen LogP contribution in [0.1, 0.15) is 11.1 Å². The Balaban J connectivity index is 2.91. The van der Waals surface area contributed by atoms with E-state index in [9.17, 15) is 12.8 Å². The molecule has 0 aliphatic carbocycles. The van der Waals surface area contributed by atoms with Crippen molar-refractivity contribution in [1.82, 2.24) is 0 Å². The molecule has 0 aromatic heterocycles. The second-order valence-electron chi connectivity index (χ2n) is 3.16. The Hall–Kier alpha value is -0.460. The van der Waals surface area contributed by atoms with Gasteiger partial charge in [0.15, 0.2) is 0 Å². The van der Waals surface area contributed by atoms with Crippen LogP contribution in [0.15, 0.2) is 16.6 Å². The molecular weight excluding hydrogens is 287 g/mol. The minimum atomic E-state index is -3.54. The molecule has 0 bridgehead atoms. The number of aryl methyl sites for hydroxylation is 1. The molecule has 0 unspecified atom stereocenters. The first-order chi connectivity index (χ1) is 6.79. The van der Waals surface area contributed by atoms with Crippen molar-refractivity contribution in [2.24, 2.45) is 0 Å². The second-order valence-corrected chi connectivity index (χ2v) is 5.66. The Kier molecular flexibility index (Phi) is 3.86. The molecule has 0 amide bonds. The van der Waals surface area contributed by atoms with Crippen LogP contribution >= 0.6 is 15.9 Å². The lowest BCUT2D eigenvalue weighted by Crippen LogP contribution is -2.04. The fourth-order valence-corrected chi connectivity index (χ4v) is 1.65. The van der Waals surface area contributed by atoms with Gasteiger partial charge in [-0.1, -0.05) is 15.9 Å². The Morgan fingerprint density at radius 3 is 2.60 bits per heavy atom. The molecule has 0 spiro atoms. The normalized spacial score (nSPS) is 11.7. The number of hydrogen-bond acceptors (Lipinski definition) is 3. The Morgan fingerprint density at radius 2 is 2.07 bits per heavy atom. The summed E-state index contributed by atoms with van der Waals surface area (Å²) in [5.41, 5.74) is 1.05. The van der Waals surface area contributed by atoms with Gasteiger partial charge in [0.05, 0.1) is 12.9 Å². The first kappa shape index (κ1) is 12.6. The van der Waals surface area contributed by atoms with E-state index in [4.69, 9.17) is 0 Å². The fourth-order valence-electron chi connectivity index (χ4n) is 0.998. The zero-order valence-electron chi connectivity index (χ0n) is 8.25. The molecule has 6 heteroatoms. The molecule has 0 fully saturated rings. The van der Waals surface area contributed by atoms with Gasteiger partial charge >= 0.3 is 0 Å². The molecular formula is C9H10BrFO3S. The first-order valence-electron chi connectivity index (χ1n) is 4.08. The summed E-state index contributed by atoms with van der Waals surface area (Å²) in [5, 5.41) is 0. The van der Waals surface area contributed by atoms with Gasteiger partial charge in [-0.3, -0.25) is 4.18 Å². The fraction of sp³-hybridized carbons (Fsp3) is 0.333. The van der Waals surface area contributed by atoms with E-state index in [-0.39, 0.29) is 12.2 Å². The van der Waals surface area contributed by atoms with Crippen molar-refractivity contribution in [3.05, 3.63) is 33.5 Å². The van der Waals surface area contributed by atoms with Crippen LogP contribution in [0.5, 0.6) is 0 Å². The highest BCUT2D eigenvalue weighted by molar-refractivity contribution is 9.10. The highest BCUT2D eigenvalue weighted by Crippen LogP contribution is 2.21. The molecule has 1 rings (SSSR count). The molecule has 0 aliphatic heterocycles. The highest BCUT2D eigenvalue weighted by Gasteiger charge is 2.09. The van der Waals surface area contributed by atoms with Gasteiger partial charge in [0, 0.05) is 10.0 Å². The third-order valence-electron chi connectivity index (χ3n) is 1.76. The zero-order chi connectivity index (χ0) is 11.6. The van der Waals surface area contributed by atoms with Gasteiger partial charge in [0.25, 0.3) is 10.1 Å². The summed E-state index contributed by atoms with van der Waals surface area (Å²) in [6, 6.07) is 2.83. The molecule has 0 N–H and O–H groups in total. The summed E-state index contributed by atoms with van der Waals surface area (Å²) in [5.74, 6) is -0.490. The zero-order valence-corrected chi connectivity index (χ0v) is 10.7. The predicted octanol–water partition coefficient (Wildman–Crippen LogP) is 2.37. The van der Waals surface area contributed by atoms with Crippen molar-refractivity contribution >= 4 is 26.0 Å². The van der Waals surface area contributed by atoms with Crippen LogP contribution in [-0.4, -0.2) is 14.7 Å². The van der Waals surface area contributed by atoms with Crippen molar-refractivity contribution in [2.45, 2.75) is 13.5 Å². The molecule has 0 saturated heterocycles. The highest BCUT2D eigenvalue weighted by atomic mass is 79.9. The maximum absolute atomic E-state index is 13.3. The lowest BCUT2D eigenvalue weighted by atomic mass is 10.1. The Morgan fingerprint density at radius 1 is 1.47 bits per heavy atom. The van der Waals surface area contributed by atoms with Crippen molar-refractivity contribution in [1.29, 1.82) is 0 Å². The largest absolute Gasteiger partial charge is 0.265 e. The van der Waals surface area contributed by atoms with Crippen LogP contribution in [0, 0.1) is 12.7 Å². The summed E-state index contributed by atoms with van der Waals surface area (Å²) in [7, 11) is -3.54. The lowest BCUT2D eigenvalue weighted by Gasteiger charge is -2.06. The van der Waals surface area contributed by atoms with Crippen LogP contribution in [0.2, 0.25) is 0 Å². The summed E-state index contributed by atoms with van der Waals surface area (Å²) < 4.78 is 39.9. The molecule has 15 heavy (non-hydrogen) atoms. The van der Waals surface area contributed by atoms with E-state index in [1.165, 1.54) is 6.07 Å². The third kappa shape index (κ3) is 3.89. The maximum Gasteiger partial charge on any atom is 0.264 e. The first-order valence-corrected chi connectivity index (χ1v) is 6.69. The van der Waals surface area contributed by atoms with E-state index < -0.39 is 15.9 Å². The van der Waals surface area contributed by atoms with E-state index in [0.717, 1.165) is 11.8 Å². The molecule has 0 radical (unpaired) electrons. The summed E-state index contributed by atoms with van der Waals surface area (Å²) >= 11 is 3.17. The quantitative estimate of drug-likeness (QED) is 0.805. The van der Waals surface area contributed by atoms with E-state index >= 15 is 0 Å². The van der Waals surface area contributed by atoms with Crippen molar-refractivity contribution in [3.63, 3.8) is 0 Å². The van der Waals surface area contributed by atoms with Crippen LogP contribution < -0.4 is 0 Å². The standard InChI is InChI=1S/C9H10BrFO3S/c1-6-3-7(5-14-15(2,12)13)9(11)4-8(6)10/h3-4H,5H2,1-2H3. The van der Waals surface area contributed by atoms with Gasteiger partial charge in [0.2, 0.25) is 0 Å². The average molecular weight is 297 g/mol. The molecule has 1 aromatic carbocycles. The molecule has 0 atom stereocenters. The number of halogens is 2. The van der Waals surface area contributed by atoms with Gasteiger partial charge in [-0.05, 0) is 24.6 Å². The van der Waals surface area contributed by atoms with Crippen LogP contribution in [-0.2, 0) is 20.9 Å². The van der Waals surface area contributed by atoms with E-state index in [1.807, 2.05) is 0 Å². The second kappa shape index (κ2) is 4.59. The smallest absolute Gasteiger partial charge is 0.264 e. The van der Waals surface area contributed by atoms with E-state index in [2.05, 4.69) is 20.1 Å². The molecule has 84 valence electrons. The molecule has 1 aromatic rings. The minimum Gasteiger partial charge on any atom is -0.265 e. The number of benzene rings is 1. The van der Waals surface area contributed by atoms with Gasteiger partial charge < -0.3 is 0 Å². The van der Waals surface area contributed by atoms with Crippen LogP contribution in [0.4, 0.5) is 4.39 Å². The predicted molar refractivity (Wildman–Crippen MR) is 58.5 cm³/mol. The van der Waals surface area contributed by atoms with E-state index in [1.54, 1.807) is 13.0 Å². The maximum atomic E-state index is 13.3. The van der Waals surface area contributed by atoms with Gasteiger partial charge in [-0.15, -0.1) is 0 Å². The lowest BCUT2D eigenvalue weighted by molar-refractivity contribution is 0.305. The number of hydrogen-bond donors (Lipinski definition) is 0. The minimum absolute atomic E-state index is 0.223. The summed E-state index contributed by atoms with van der Waals surface area (Å²) in [6.45, 7) is 1.51.